The van der Waals surface area contributed by atoms with E-state index in [4.69, 9.17) is 0 Å². The van der Waals surface area contributed by atoms with Crippen molar-refractivity contribution in [2.75, 3.05) is 13.1 Å². The lowest BCUT2D eigenvalue weighted by molar-refractivity contribution is -0.128. The highest BCUT2D eigenvalue weighted by molar-refractivity contribution is 5.73. The molecule has 2 heteroatoms. The molecule has 1 amide bonds. The second-order valence-corrected chi connectivity index (χ2v) is 4.75. The molecule has 0 atom stereocenters. The molecule has 0 aliphatic heterocycles. The summed E-state index contributed by atoms with van der Waals surface area (Å²) in [5.41, 5.74) is 0. The van der Waals surface area contributed by atoms with E-state index < -0.39 is 0 Å². The summed E-state index contributed by atoms with van der Waals surface area (Å²) in [7, 11) is 0. The molecular weight excluding hydrogens is 210 g/mol. The number of nitrogens with zero attached hydrogens (tertiary/aromatic N) is 1. The molecule has 17 heavy (non-hydrogen) atoms. The number of carbonyl (C=O) groups is 1. The fraction of sp³-hybridized carbons (Fsp3) is 0.667. The van der Waals surface area contributed by atoms with Gasteiger partial charge in [0.25, 0.3) is 0 Å². The average molecular weight is 237 g/mol. The van der Waals surface area contributed by atoms with E-state index in [1.165, 1.54) is 0 Å². The Morgan fingerprint density at radius 1 is 1.12 bits per heavy atom. The average Bonchev–Trinajstić information content (AvgIpc) is 2.25. The molecule has 0 unspecified atom stereocenters. The van der Waals surface area contributed by atoms with Gasteiger partial charge < -0.3 is 4.90 Å². The van der Waals surface area contributed by atoms with Crippen molar-refractivity contribution in [3.63, 3.8) is 0 Å². The van der Waals surface area contributed by atoms with Gasteiger partial charge in [0.2, 0.25) is 5.91 Å². The lowest BCUT2D eigenvalue weighted by atomic mass is 10.2. The van der Waals surface area contributed by atoms with Crippen molar-refractivity contribution < 1.29 is 4.79 Å². The van der Waals surface area contributed by atoms with Gasteiger partial charge in [0.1, 0.15) is 0 Å². The van der Waals surface area contributed by atoms with Crippen LogP contribution in [0.3, 0.4) is 0 Å². The summed E-state index contributed by atoms with van der Waals surface area (Å²) in [6, 6.07) is 0. The summed E-state index contributed by atoms with van der Waals surface area (Å²) >= 11 is 0. The molecule has 0 N–H and O–H groups in total. The first-order valence-corrected chi connectivity index (χ1v) is 6.63. The summed E-state index contributed by atoms with van der Waals surface area (Å²) in [5, 5.41) is 0. The number of hydrogen-bond donors (Lipinski definition) is 0. The van der Waals surface area contributed by atoms with E-state index in [9.17, 15) is 4.79 Å². The van der Waals surface area contributed by atoms with Crippen molar-refractivity contribution >= 4 is 5.91 Å². The number of unbranched alkanes of at least 4 members (excludes halogenated alkanes) is 1. The van der Waals surface area contributed by atoms with Gasteiger partial charge in [-0.3, -0.25) is 4.79 Å². The van der Waals surface area contributed by atoms with E-state index in [-0.39, 0.29) is 5.91 Å². The second-order valence-electron chi connectivity index (χ2n) is 4.75. The molecule has 0 aliphatic rings. The van der Waals surface area contributed by atoms with Crippen LogP contribution in [0.4, 0.5) is 0 Å². The van der Waals surface area contributed by atoms with E-state index >= 15 is 0 Å². The van der Waals surface area contributed by atoms with Gasteiger partial charge in [-0.2, -0.15) is 0 Å². The molecule has 0 radical (unpaired) electrons. The fourth-order valence-electron chi connectivity index (χ4n) is 1.57. The topological polar surface area (TPSA) is 20.3 Å². The van der Waals surface area contributed by atoms with Crippen LogP contribution < -0.4 is 0 Å². The molecule has 0 aromatic heterocycles. The Morgan fingerprint density at radius 3 is 2.18 bits per heavy atom. The maximum atomic E-state index is 11.4. The highest BCUT2D eigenvalue weighted by Crippen LogP contribution is 2.00. The molecule has 0 saturated heterocycles. The van der Waals surface area contributed by atoms with Crippen LogP contribution in [0.5, 0.6) is 0 Å². The van der Waals surface area contributed by atoms with Gasteiger partial charge >= 0.3 is 0 Å². The number of rotatable bonds is 8. The Bertz CT molecular complexity index is 254. The van der Waals surface area contributed by atoms with E-state index in [0.29, 0.717) is 5.92 Å². The molecule has 0 aromatic carbocycles. The van der Waals surface area contributed by atoms with Gasteiger partial charge in [-0.25, -0.2) is 0 Å². The van der Waals surface area contributed by atoms with Gasteiger partial charge in [0.15, 0.2) is 0 Å². The molecule has 0 aliphatic carbocycles. The predicted octanol–water partition coefficient (Wildman–Crippen LogP) is 3.79. The molecule has 0 saturated carbocycles. The normalized spacial score (nSPS) is 11.8. The fourth-order valence-corrected chi connectivity index (χ4v) is 1.57. The Kier molecular flexibility index (Phi) is 9.50. The molecule has 0 bridgehead atoms. The molecule has 0 heterocycles. The monoisotopic (exact) mass is 237 g/mol. The maximum absolute atomic E-state index is 11.4. The maximum Gasteiger partial charge on any atom is 0.219 e. The SMILES string of the molecule is CC/C=C\CC/C=C\CN(CC(C)C)C(C)=O. The highest BCUT2D eigenvalue weighted by Gasteiger charge is 2.07. The van der Waals surface area contributed by atoms with Crippen LogP contribution in [0.2, 0.25) is 0 Å². The molecule has 0 aromatic rings. The third-order valence-corrected chi connectivity index (χ3v) is 2.43. The smallest absolute Gasteiger partial charge is 0.219 e. The first-order chi connectivity index (χ1) is 8.07. The van der Waals surface area contributed by atoms with Crippen molar-refractivity contribution in [2.24, 2.45) is 5.92 Å². The molecule has 0 spiro atoms. The minimum Gasteiger partial charge on any atom is -0.339 e. The Balaban J connectivity index is 3.84. The summed E-state index contributed by atoms with van der Waals surface area (Å²) < 4.78 is 0. The number of hydrogen-bond acceptors (Lipinski definition) is 1. The van der Waals surface area contributed by atoms with Gasteiger partial charge in [0.05, 0.1) is 0 Å². The van der Waals surface area contributed by atoms with Gasteiger partial charge in [-0.15, -0.1) is 0 Å². The summed E-state index contributed by atoms with van der Waals surface area (Å²) in [6.45, 7) is 9.63. The largest absolute Gasteiger partial charge is 0.339 e. The Hall–Kier alpha value is -1.05. The number of allylic oxidation sites excluding steroid dienone is 3. The van der Waals surface area contributed by atoms with E-state index in [1.807, 2.05) is 4.90 Å². The van der Waals surface area contributed by atoms with Crippen molar-refractivity contribution in [2.45, 2.75) is 47.0 Å². The van der Waals surface area contributed by atoms with Crippen LogP contribution in [0.25, 0.3) is 0 Å². The van der Waals surface area contributed by atoms with Crippen LogP contribution in [0, 0.1) is 5.92 Å². The van der Waals surface area contributed by atoms with E-state index in [1.54, 1.807) is 6.92 Å². The van der Waals surface area contributed by atoms with Crippen LogP contribution in [-0.2, 0) is 4.79 Å². The molecule has 2 nitrogen and oxygen atoms in total. The van der Waals surface area contributed by atoms with Crippen molar-refractivity contribution in [3.8, 4) is 0 Å². The minimum absolute atomic E-state index is 0.161. The quantitative estimate of drug-likeness (QED) is 0.464. The van der Waals surface area contributed by atoms with Crippen LogP contribution in [0.15, 0.2) is 24.3 Å². The number of amides is 1. The zero-order chi connectivity index (χ0) is 13.1. The molecule has 0 rings (SSSR count). The van der Waals surface area contributed by atoms with Gasteiger partial charge in [-0.05, 0) is 25.2 Å². The van der Waals surface area contributed by atoms with Crippen LogP contribution in [-0.4, -0.2) is 23.9 Å². The molecule has 98 valence electrons. The standard InChI is InChI=1S/C15H27NO/c1-5-6-7-8-9-10-11-12-16(15(4)17)13-14(2)3/h6-7,10-11,14H,5,8-9,12-13H2,1-4H3/b7-6-,11-10-. The number of carbonyl (C=O) groups excluding carboxylic acids is 1. The third kappa shape index (κ3) is 9.86. The highest BCUT2D eigenvalue weighted by atomic mass is 16.2. The van der Waals surface area contributed by atoms with E-state index in [0.717, 1.165) is 32.4 Å². The van der Waals surface area contributed by atoms with Gasteiger partial charge in [0, 0.05) is 20.0 Å². The van der Waals surface area contributed by atoms with Crippen molar-refractivity contribution in [1.82, 2.24) is 4.90 Å². The van der Waals surface area contributed by atoms with Crippen molar-refractivity contribution in [1.29, 1.82) is 0 Å². The zero-order valence-electron chi connectivity index (χ0n) is 11.8. The van der Waals surface area contributed by atoms with Gasteiger partial charge in [-0.1, -0.05) is 45.1 Å². The molecular formula is C15H27NO. The first-order valence-electron chi connectivity index (χ1n) is 6.63. The minimum atomic E-state index is 0.161. The van der Waals surface area contributed by atoms with Crippen molar-refractivity contribution in [3.05, 3.63) is 24.3 Å². The third-order valence-electron chi connectivity index (χ3n) is 2.43. The summed E-state index contributed by atoms with van der Waals surface area (Å²) in [5.74, 6) is 0.689. The van der Waals surface area contributed by atoms with Crippen LogP contribution >= 0.6 is 0 Å². The second kappa shape index (κ2) is 10.1. The lowest BCUT2D eigenvalue weighted by Crippen LogP contribution is -2.32. The summed E-state index contributed by atoms with van der Waals surface area (Å²) in [6.07, 6.45) is 11.9. The molecule has 0 fully saturated rings. The lowest BCUT2D eigenvalue weighted by Gasteiger charge is -2.21. The Labute approximate surface area is 106 Å². The van der Waals surface area contributed by atoms with Crippen LogP contribution in [0.1, 0.15) is 47.0 Å². The van der Waals surface area contributed by atoms with E-state index in [2.05, 4.69) is 45.1 Å². The first kappa shape index (κ1) is 16.0. The summed E-state index contributed by atoms with van der Waals surface area (Å²) in [4.78, 5) is 13.3. The predicted molar refractivity (Wildman–Crippen MR) is 74.9 cm³/mol. The Morgan fingerprint density at radius 2 is 1.71 bits per heavy atom. The zero-order valence-corrected chi connectivity index (χ0v) is 11.8.